The number of amides is 1. The predicted octanol–water partition coefficient (Wildman–Crippen LogP) is 2.88. The van der Waals surface area contributed by atoms with Crippen LogP contribution >= 0.6 is 0 Å². The Morgan fingerprint density at radius 3 is 2.89 bits per heavy atom. The van der Waals surface area contributed by atoms with E-state index in [1.807, 2.05) is 12.3 Å². The number of hydrogen-bond acceptors (Lipinski definition) is 4. The zero-order valence-corrected chi connectivity index (χ0v) is 15.1. The van der Waals surface area contributed by atoms with Crippen LogP contribution in [-0.4, -0.2) is 34.2 Å². The van der Waals surface area contributed by atoms with Gasteiger partial charge in [0.05, 0.1) is 11.8 Å². The van der Waals surface area contributed by atoms with E-state index in [4.69, 9.17) is 5.73 Å². The maximum Gasteiger partial charge on any atom is 0.252 e. The lowest BCUT2D eigenvalue weighted by Crippen LogP contribution is -2.36. The number of pyridine rings is 1. The molecule has 1 aromatic carbocycles. The van der Waals surface area contributed by atoms with Crippen molar-refractivity contribution in [3.05, 3.63) is 77.2 Å². The van der Waals surface area contributed by atoms with Gasteiger partial charge in [0.25, 0.3) is 5.91 Å². The first-order chi connectivity index (χ1) is 13.2. The van der Waals surface area contributed by atoms with Crippen LogP contribution < -0.4 is 10.6 Å². The summed E-state index contributed by atoms with van der Waals surface area (Å²) in [5.41, 5.74) is 9.70. The van der Waals surface area contributed by atoms with Gasteiger partial charge in [0, 0.05) is 37.3 Å². The number of rotatable bonds is 5. The summed E-state index contributed by atoms with van der Waals surface area (Å²) >= 11 is 0. The van der Waals surface area contributed by atoms with Crippen molar-refractivity contribution in [1.29, 1.82) is 0 Å². The van der Waals surface area contributed by atoms with Crippen molar-refractivity contribution in [3.8, 4) is 0 Å². The molecular weight excluding hydrogens is 338 g/mol. The third-order valence-electron chi connectivity index (χ3n) is 5.17. The molecule has 1 aliphatic heterocycles. The zero-order valence-electron chi connectivity index (χ0n) is 15.1. The van der Waals surface area contributed by atoms with Crippen molar-refractivity contribution in [1.82, 2.24) is 15.2 Å². The first kappa shape index (κ1) is 17.3. The summed E-state index contributed by atoms with van der Waals surface area (Å²) < 4.78 is 0. The molecule has 0 spiro atoms. The third-order valence-corrected chi connectivity index (χ3v) is 5.17. The maximum absolute atomic E-state index is 11.8. The molecule has 0 bridgehead atoms. The molecule has 3 N–H and O–H groups in total. The fraction of sp³-hybridized carbons (Fsp3) is 0.286. The highest BCUT2D eigenvalue weighted by molar-refractivity contribution is 5.97. The third kappa shape index (κ3) is 3.69. The number of aromatic amines is 1. The first-order valence-electron chi connectivity index (χ1n) is 9.28. The Balaban J connectivity index is 1.56. The molecule has 6 nitrogen and oxygen atoms in total. The molecule has 0 saturated carbocycles. The van der Waals surface area contributed by atoms with Crippen LogP contribution in [0.5, 0.6) is 0 Å². The van der Waals surface area contributed by atoms with Gasteiger partial charge in [-0.2, -0.15) is 5.10 Å². The summed E-state index contributed by atoms with van der Waals surface area (Å²) in [4.78, 5) is 18.4. The average Bonchev–Trinajstić information content (AvgIpc) is 3.17. The summed E-state index contributed by atoms with van der Waals surface area (Å²) in [7, 11) is 0. The smallest absolute Gasteiger partial charge is 0.252 e. The molecule has 1 amide bonds. The van der Waals surface area contributed by atoms with Crippen LogP contribution in [0, 0.1) is 0 Å². The standard InChI is InChI=1S/C21H23N5O/c22-20(27)18-9-4-10-23-21(18)26-11-5-8-16(14-26)19-17(13-24-25-19)12-15-6-2-1-3-7-15/h1-4,6-7,9-10,13,16H,5,8,11-12,14H2,(H2,22,27)(H,24,25)/t16-/m0/s1. The number of carbonyl (C=O) groups is 1. The fourth-order valence-electron chi connectivity index (χ4n) is 3.88. The molecule has 6 heteroatoms. The summed E-state index contributed by atoms with van der Waals surface area (Å²) in [5, 5.41) is 7.52. The van der Waals surface area contributed by atoms with E-state index >= 15 is 0 Å². The molecule has 0 unspecified atom stereocenters. The van der Waals surface area contributed by atoms with Crippen LogP contribution in [0.2, 0.25) is 0 Å². The van der Waals surface area contributed by atoms with E-state index in [1.54, 1.807) is 18.3 Å². The van der Waals surface area contributed by atoms with Gasteiger partial charge in [0.2, 0.25) is 0 Å². The van der Waals surface area contributed by atoms with Gasteiger partial charge in [-0.3, -0.25) is 9.89 Å². The number of benzene rings is 1. The van der Waals surface area contributed by atoms with E-state index in [9.17, 15) is 4.79 Å². The highest BCUT2D eigenvalue weighted by atomic mass is 16.1. The molecule has 1 saturated heterocycles. The molecule has 1 atom stereocenters. The second kappa shape index (κ2) is 7.61. The van der Waals surface area contributed by atoms with Gasteiger partial charge >= 0.3 is 0 Å². The van der Waals surface area contributed by atoms with E-state index < -0.39 is 5.91 Å². The lowest BCUT2D eigenvalue weighted by molar-refractivity contribution is 0.100. The van der Waals surface area contributed by atoms with E-state index in [1.165, 1.54) is 16.8 Å². The quantitative estimate of drug-likeness (QED) is 0.731. The normalized spacial score (nSPS) is 17.0. The van der Waals surface area contributed by atoms with Gasteiger partial charge in [-0.15, -0.1) is 0 Å². The molecule has 0 radical (unpaired) electrons. The SMILES string of the molecule is NC(=O)c1cccnc1N1CCC[C@H](c2[nH]ncc2Cc2ccccc2)C1. The minimum absolute atomic E-state index is 0.322. The van der Waals surface area contributed by atoms with Crippen molar-refractivity contribution in [2.24, 2.45) is 5.73 Å². The number of nitrogens with two attached hydrogens (primary N) is 1. The van der Waals surface area contributed by atoms with Gasteiger partial charge in [0.1, 0.15) is 5.82 Å². The highest BCUT2D eigenvalue weighted by Gasteiger charge is 2.27. The minimum atomic E-state index is -0.438. The Hall–Kier alpha value is -3.15. The van der Waals surface area contributed by atoms with E-state index in [2.05, 4.69) is 44.3 Å². The second-order valence-corrected chi connectivity index (χ2v) is 7.00. The van der Waals surface area contributed by atoms with Crippen LogP contribution in [0.4, 0.5) is 5.82 Å². The average molecular weight is 361 g/mol. The van der Waals surface area contributed by atoms with Crippen molar-refractivity contribution in [2.75, 3.05) is 18.0 Å². The molecule has 3 heterocycles. The second-order valence-electron chi connectivity index (χ2n) is 7.00. The number of hydrogen-bond donors (Lipinski definition) is 2. The zero-order chi connectivity index (χ0) is 18.6. The van der Waals surface area contributed by atoms with Crippen molar-refractivity contribution < 1.29 is 4.79 Å². The molecule has 1 aliphatic rings. The van der Waals surface area contributed by atoms with E-state index in [0.29, 0.717) is 17.3 Å². The Bertz CT molecular complexity index is 921. The summed E-state index contributed by atoms with van der Waals surface area (Å²) in [6, 6.07) is 13.9. The minimum Gasteiger partial charge on any atom is -0.365 e. The number of nitrogens with zero attached hydrogens (tertiary/aromatic N) is 3. The number of piperidine rings is 1. The lowest BCUT2D eigenvalue weighted by Gasteiger charge is -2.34. The van der Waals surface area contributed by atoms with Gasteiger partial charge in [-0.1, -0.05) is 30.3 Å². The number of primary amides is 1. The molecule has 2 aromatic heterocycles. The molecule has 0 aliphatic carbocycles. The Morgan fingerprint density at radius 1 is 1.22 bits per heavy atom. The molecular formula is C21H23N5O. The van der Waals surface area contributed by atoms with Gasteiger partial charge in [-0.05, 0) is 36.1 Å². The fourth-order valence-corrected chi connectivity index (χ4v) is 3.88. The molecule has 3 aromatic rings. The van der Waals surface area contributed by atoms with Crippen LogP contribution in [0.3, 0.4) is 0 Å². The summed E-state index contributed by atoms with van der Waals surface area (Å²) in [6.45, 7) is 1.66. The van der Waals surface area contributed by atoms with Crippen LogP contribution in [0.25, 0.3) is 0 Å². The lowest BCUT2D eigenvalue weighted by atomic mass is 9.90. The molecule has 4 rings (SSSR count). The highest BCUT2D eigenvalue weighted by Crippen LogP contribution is 2.31. The Kier molecular flexibility index (Phi) is 4.87. The van der Waals surface area contributed by atoms with Gasteiger partial charge < -0.3 is 10.6 Å². The molecule has 1 fully saturated rings. The van der Waals surface area contributed by atoms with Crippen LogP contribution in [0.15, 0.2) is 54.9 Å². The summed E-state index contributed by atoms with van der Waals surface area (Å²) in [6.07, 6.45) is 6.61. The number of H-pyrrole nitrogens is 1. The maximum atomic E-state index is 11.8. The van der Waals surface area contributed by atoms with E-state index in [0.717, 1.165) is 32.4 Å². The number of nitrogens with one attached hydrogen (secondary N) is 1. The van der Waals surface area contributed by atoms with Crippen molar-refractivity contribution in [3.63, 3.8) is 0 Å². The number of carbonyl (C=O) groups excluding carboxylic acids is 1. The van der Waals surface area contributed by atoms with Crippen LogP contribution in [0.1, 0.15) is 45.9 Å². The Labute approximate surface area is 158 Å². The number of anilines is 1. The number of aromatic nitrogens is 3. The predicted molar refractivity (Wildman–Crippen MR) is 105 cm³/mol. The Morgan fingerprint density at radius 2 is 2.07 bits per heavy atom. The molecule has 138 valence electrons. The van der Waals surface area contributed by atoms with Crippen molar-refractivity contribution >= 4 is 11.7 Å². The topological polar surface area (TPSA) is 87.9 Å². The summed E-state index contributed by atoms with van der Waals surface area (Å²) in [5.74, 6) is 0.563. The van der Waals surface area contributed by atoms with Crippen molar-refractivity contribution in [2.45, 2.75) is 25.2 Å². The van der Waals surface area contributed by atoms with E-state index in [-0.39, 0.29) is 0 Å². The van der Waals surface area contributed by atoms with Gasteiger partial charge in [-0.25, -0.2) is 4.98 Å². The van der Waals surface area contributed by atoms with Gasteiger partial charge in [0.15, 0.2) is 0 Å². The molecule has 27 heavy (non-hydrogen) atoms. The first-order valence-corrected chi connectivity index (χ1v) is 9.28. The van der Waals surface area contributed by atoms with Crippen LogP contribution in [-0.2, 0) is 6.42 Å². The largest absolute Gasteiger partial charge is 0.365 e. The monoisotopic (exact) mass is 361 g/mol.